The lowest BCUT2D eigenvalue weighted by atomic mass is 10.0. The van der Waals surface area contributed by atoms with Crippen LogP contribution < -0.4 is 10.9 Å². The van der Waals surface area contributed by atoms with Crippen molar-refractivity contribution in [3.63, 3.8) is 0 Å². The van der Waals surface area contributed by atoms with E-state index in [2.05, 4.69) is 20.6 Å². The Morgan fingerprint density at radius 3 is 2.33 bits per heavy atom. The maximum absolute atomic E-state index is 13.3. The lowest BCUT2D eigenvalue weighted by molar-refractivity contribution is 0.102. The Kier molecular flexibility index (Phi) is 7.15. The van der Waals surface area contributed by atoms with Crippen molar-refractivity contribution in [2.75, 3.05) is 11.9 Å². The SMILES string of the molecule is O=C(Nc1ccc(-c2n[nH]c(=O)c3ccccc23)cc1)c1nn(CCCOCc2ccccc2)c2ccccc12. The summed E-state index contributed by atoms with van der Waals surface area (Å²) in [5, 5.41) is 16.6. The molecule has 2 N–H and O–H groups in total. The van der Waals surface area contributed by atoms with Gasteiger partial charge in [0, 0.05) is 35.2 Å². The molecule has 0 unspecified atom stereocenters. The second kappa shape index (κ2) is 11.3. The molecule has 0 saturated heterocycles. The van der Waals surface area contributed by atoms with Crippen molar-refractivity contribution in [3.05, 3.63) is 125 Å². The summed E-state index contributed by atoms with van der Waals surface area (Å²) in [6.45, 7) is 1.80. The molecule has 1 amide bonds. The molecule has 0 fully saturated rings. The summed E-state index contributed by atoms with van der Waals surface area (Å²) in [5.41, 5.74) is 4.33. The largest absolute Gasteiger partial charge is 0.377 e. The topological polar surface area (TPSA) is 102 Å². The van der Waals surface area contributed by atoms with Crippen molar-refractivity contribution in [2.24, 2.45) is 0 Å². The zero-order valence-electron chi connectivity index (χ0n) is 21.7. The van der Waals surface area contributed by atoms with Crippen molar-refractivity contribution in [2.45, 2.75) is 19.6 Å². The number of hydrogen-bond donors (Lipinski definition) is 2. The fourth-order valence-electron chi connectivity index (χ4n) is 4.78. The molecule has 0 spiro atoms. The number of anilines is 1. The number of benzene rings is 4. The fraction of sp³-hybridized carbons (Fsp3) is 0.125. The predicted octanol–water partition coefficient (Wildman–Crippen LogP) is 5.80. The molecular formula is C32H27N5O3. The number of aryl methyl sites for hydroxylation is 1. The van der Waals surface area contributed by atoms with Crippen LogP contribution in [0, 0.1) is 0 Å². The number of nitrogens with zero attached hydrogens (tertiary/aromatic N) is 3. The Bertz CT molecular complexity index is 1840. The van der Waals surface area contributed by atoms with E-state index < -0.39 is 0 Å². The van der Waals surface area contributed by atoms with E-state index in [1.807, 2.05) is 102 Å². The molecule has 0 saturated carbocycles. The second-order valence-electron chi connectivity index (χ2n) is 9.46. The van der Waals surface area contributed by atoms with Gasteiger partial charge < -0.3 is 10.1 Å². The van der Waals surface area contributed by atoms with Crippen LogP contribution in [0.2, 0.25) is 0 Å². The number of rotatable bonds is 9. The van der Waals surface area contributed by atoms with Gasteiger partial charge in [0.25, 0.3) is 11.5 Å². The number of carbonyl (C=O) groups is 1. The number of para-hydroxylation sites is 1. The van der Waals surface area contributed by atoms with E-state index in [0.29, 0.717) is 42.2 Å². The predicted molar refractivity (Wildman–Crippen MR) is 156 cm³/mol. The average molecular weight is 530 g/mol. The Balaban J connectivity index is 1.15. The Hall–Kier alpha value is -5.08. The number of H-pyrrole nitrogens is 1. The molecule has 0 bridgehead atoms. The van der Waals surface area contributed by atoms with Crippen LogP contribution in [0.5, 0.6) is 0 Å². The van der Waals surface area contributed by atoms with Gasteiger partial charge in [0.05, 0.1) is 23.2 Å². The number of hydrogen-bond acceptors (Lipinski definition) is 5. The van der Waals surface area contributed by atoms with Crippen molar-refractivity contribution < 1.29 is 9.53 Å². The molecule has 0 atom stereocenters. The quantitative estimate of drug-likeness (QED) is 0.231. The van der Waals surface area contributed by atoms with Gasteiger partial charge in [-0.1, -0.05) is 78.9 Å². The molecular weight excluding hydrogens is 502 g/mol. The van der Waals surface area contributed by atoms with E-state index in [1.165, 1.54) is 0 Å². The molecule has 6 aromatic rings. The minimum absolute atomic E-state index is 0.227. The highest BCUT2D eigenvalue weighted by atomic mass is 16.5. The van der Waals surface area contributed by atoms with Gasteiger partial charge in [-0.25, -0.2) is 5.10 Å². The number of aromatic nitrogens is 4. The molecule has 198 valence electrons. The fourth-order valence-corrected chi connectivity index (χ4v) is 4.78. The Morgan fingerprint density at radius 1 is 0.825 bits per heavy atom. The minimum atomic E-state index is -0.282. The number of fused-ring (bicyclic) bond motifs is 2. The van der Waals surface area contributed by atoms with Gasteiger partial charge in [-0.15, -0.1) is 0 Å². The normalized spacial score (nSPS) is 11.2. The van der Waals surface area contributed by atoms with Gasteiger partial charge in [0.1, 0.15) is 0 Å². The zero-order valence-corrected chi connectivity index (χ0v) is 21.7. The highest BCUT2D eigenvalue weighted by molar-refractivity contribution is 6.11. The van der Waals surface area contributed by atoms with E-state index in [0.717, 1.165) is 33.8 Å². The van der Waals surface area contributed by atoms with Crippen LogP contribution in [0.1, 0.15) is 22.5 Å². The number of ether oxygens (including phenoxy) is 1. The number of aromatic amines is 1. The van der Waals surface area contributed by atoms with Crippen LogP contribution in [0.25, 0.3) is 32.9 Å². The monoisotopic (exact) mass is 529 g/mol. The lowest BCUT2D eigenvalue weighted by Crippen LogP contribution is -2.14. The summed E-state index contributed by atoms with van der Waals surface area (Å²) >= 11 is 0. The summed E-state index contributed by atoms with van der Waals surface area (Å²) in [6, 6.07) is 32.5. The molecule has 6 rings (SSSR count). The van der Waals surface area contributed by atoms with Gasteiger partial charge >= 0.3 is 0 Å². The van der Waals surface area contributed by atoms with E-state index in [1.54, 1.807) is 6.07 Å². The first-order valence-corrected chi connectivity index (χ1v) is 13.1. The molecule has 8 nitrogen and oxygen atoms in total. The first-order valence-electron chi connectivity index (χ1n) is 13.1. The number of carbonyl (C=O) groups excluding carboxylic acids is 1. The molecule has 4 aromatic carbocycles. The highest BCUT2D eigenvalue weighted by Crippen LogP contribution is 2.26. The Labute approximate surface area is 230 Å². The van der Waals surface area contributed by atoms with E-state index in [9.17, 15) is 9.59 Å². The average Bonchev–Trinajstić information content (AvgIpc) is 3.37. The van der Waals surface area contributed by atoms with Crippen molar-refractivity contribution in [1.82, 2.24) is 20.0 Å². The number of nitrogens with one attached hydrogen (secondary N) is 2. The molecule has 0 aliphatic rings. The Morgan fingerprint density at radius 2 is 1.52 bits per heavy atom. The third-order valence-electron chi connectivity index (χ3n) is 6.76. The molecule has 8 heteroatoms. The van der Waals surface area contributed by atoms with Crippen LogP contribution in [-0.2, 0) is 17.9 Å². The van der Waals surface area contributed by atoms with Gasteiger partial charge in [0.2, 0.25) is 0 Å². The first kappa shape index (κ1) is 25.2. The van der Waals surface area contributed by atoms with Gasteiger partial charge in [-0.2, -0.15) is 10.2 Å². The molecule has 0 aliphatic heterocycles. The maximum Gasteiger partial charge on any atom is 0.276 e. The van der Waals surface area contributed by atoms with Gasteiger partial charge in [0.15, 0.2) is 5.69 Å². The summed E-state index contributed by atoms with van der Waals surface area (Å²) in [6.07, 6.45) is 0.772. The van der Waals surface area contributed by atoms with Crippen molar-refractivity contribution >= 4 is 33.3 Å². The van der Waals surface area contributed by atoms with Crippen molar-refractivity contribution in [3.8, 4) is 11.3 Å². The minimum Gasteiger partial charge on any atom is -0.377 e. The van der Waals surface area contributed by atoms with Crippen LogP contribution in [0.15, 0.2) is 108 Å². The zero-order chi connectivity index (χ0) is 27.3. The molecule has 0 aliphatic carbocycles. The van der Waals surface area contributed by atoms with Gasteiger partial charge in [-0.3, -0.25) is 14.3 Å². The van der Waals surface area contributed by atoms with Gasteiger partial charge in [-0.05, 0) is 36.2 Å². The second-order valence-corrected chi connectivity index (χ2v) is 9.46. The standard InChI is InChI=1S/C32H27N5O3/c38-31-26-12-5-4-11-25(26)29(34-35-31)23-15-17-24(18-16-23)33-32(39)30-27-13-6-7-14-28(27)37(36-30)19-8-20-40-21-22-9-2-1-3-10-22/h1-7,9-18H,8,19-21H2,(H,33,39)(H,35,38). The molecule has 0 radical (unpaired) electrons. The van der Waals surface area contributed by atoms with E-state index >= 15 is 0 Å². The lowest BCUT2D eigenvalue weighted by Gasteiger charge is -2.07. The molecule has 2 aromatic heterocycles. The van der Waals surface area contributed by atoms with Crippen LogP contribution >= 0.6 is 0 Å². The summed E-state index contributed by atoms with van der Waals surface area (Å²) in [7, 11) is 0. The third kappa shape index (κ3) is 5.25. The van der Waals surface area contributed by atoms with E-state index in [-0.39, 0.29) is 11.5 Å². The first-order chi connectivity index (χ1) is 19.7. The van der Waals surface area contributed by atoms with Crippen LogP contribution in [0.4, 0.5) is 5.69 Å². The van der Waals surface area contributed by atoms with E-state index in [4.69, 9.17) is 4.74 Å². The van der Waals surface area contributed by atoms with Crippen LogP contribution in [0.3, 0.4) is 0 Å². The van der Waals surface area contributed by atoms with Crippen molar-refractivity contribution in [1.29, 1.82) is 0 Å². The summed E-state index contributed by atoms with van der Waals surface area (Å²) in [5.74, 6) is -0.282. The third-order valence-corrected chi connectivity index (χ3v) is 6.76. The molecule has 2 heterocycles. The maximum atomic E-state index is 13.3. The smallest absolute Gasteiger partial charge is 0.276 e. The molecule has 40 heavy (non-hydrogen) atoms. The summed E-state index contributed by atoms with van der Waals surface area (Å²) < 4.78 is 7.68. The van der Waals surface area contributed by atoms with Crippen LogP contribution in [-0.4, -0.2) is 32.5 Å². The number of amides is 1. The summed E-state index contributed by atoms with van der Waals surface area (Å²) in [4.78, 5) is 25.4. The highest BCUT2D eigenvalue weighted by Gasteiger charge is 2.17.